The highest BCUT2D eigenvalue weighted by atomic mass is 16.5. The highest BCUT2D eigenvalue weighted by Gasteiger charge is 2.24. The Labute approximate surface area is 110 Å². The monoisotopic (exact) mass is 257 g/mol. The van der Waals surface area contributed by atoms with Gasteiger partial charge in [-0.2, -0.15) is 5.10 Å². The molecular formula is C14H15N3O2. The molecule has 3 rings (SSSR count). The molecule has 0 amide bonds. The van der Waals surface area contributed by atoms with Crippen molar-refractivity contribution in [3.05, 3.63) is 47.2 Å². The lowest BCUT2D eigenvalue weighted by Crippen LogP contribution is -2.19. The average Bonchev–Trinajstić information content (AvgIpc) is 2.85. The van der Waals surface area contributed by atoms with Crippen LogP contribution in [0.5, 0.6) is 0 Å². The van der Waals surface area contributed by atoms with Gasteiger partial charge in [0.25, 0.3) is 0 Å². The fourth-order valence-electron chi connectivity index (χ4n) is 2.44. The fraction of sp³-hybridized carbons (Fsp3) is 0.286. The van der Waals surface area contributed by atoms with Crippen LogP contribution in [0.4, 0.5) is 5.82 Å². The molecule has 1 atom stereocenters. The van der Waals surface area contributed by atoms with Gasteiger partial charge in [-0.25, -0.2) is 0 Å². The number of carbonyl (C=O) groups is 1. The van der Waals surface area contributed by atoms with Gasteiger partial charge in [-0.05, 0) is 17.5 Å². The molecule has 0 saturated carbocycles. The smallest absolute Gasteiger partial charge is 0.171 e. The molecule has 1 aliphatic rings. The van der Waals surface area contributed by atoms with Gasteiger partial charge < -0.3 is 10.5 Å². The molecule has 19 heavy (non-hydrogen) atoms. The number of hydrogen-bond donors (Lipinski definition) is 2. The Hall–Kier alpha value is -2.14. The molecule has 98 valence electrons. The van der Waals surface area contributed by atoms with Crippen molar-refractivity contribution in [1.82, 2.24) is 10.2 Å². The quantitative estimate of drug-likeness (QED) is 0.822. The van der Waals surface area contributed by atoms with Crippen LogP contribution in [0.15, 0.2) is 30.5 Å². The number of aromatic nitrogens is 2. The van der Waals surface area contributed by atoms with Crippen molar-refractivity contribution >= 4 is 11.6 Å². The third kappa shape index (κ3) is 2.24. The molecule has 0 aliphatic carbocycles. The van der Waals surface area contributed by atoms with E-state index in [1.165, 1.54) is 11.8 Å². The number of rotatable bonds is 3. The Kier molecular flexibility index (Phi) is 3.05. The van der Waals surface area contributed by atoms with Gasteiger partial charge in [-0.3, -0.25) is 9.89 Å². The van der Waals surface area contributed by atoms with Crippen LogP contribution in [0.2, 0.25) is 0 Å². The highest BCUT2D eigenvalue weighted by Crippen LogP contribution is 2.30. The summed E-state index contributed by atoms with van der Waals surface area (Å²) in [6, 6.07) is 8.08. The summed E-state index contributed by atoms with van der Waals surface area (Å²) in [5, 5.41) is 6.34. The molecule has 2 heterocycles. The minimum absolute atomic E-state index is 0.0482. The summed E-state index contributed by atoms with van der Waals surface area (Å²) < 4.78 is 5.72. The Morgan fingerprint density at radius 1 is 1.47 bits per heavy atom. The van der Waals surface area contributed by atoms with Gasteiger partial charge in [-0.15, -0.1) is 0 Å². The van der Waals surface area contributed by atoms with E-state index < -0.39 is 0 Å². The minimum atomic E-state index is -0.188. The third-order valence-corrected chi connectivity index (χ3v) is 3.43. The molecule has 1 aliphatic heterocycles. The SMILES string of the molecule is Nc1[nH]ncc1C(=O)CC1OCCc2ccccc21. The molecule has 5 nitrogen and oxygen atoms in total. The first kappa shape index (κ1) is 11.9. The van der Waals surface area contributed by atoms with Crippen LogP contribution in [0, 0.1) is 0 Å². The topological polar surface area (TPSA) is 81.0 Å². The first-order valence-electron chi connectivity index (χ1n) is 6.27. The van der Waals surface area contributed by atoms with Crippen molar-refractivity contribution in [3.63, 3.8) is 0 Å². The van der Waals surface area contributed by atoms with Crippen LogP contribution in [0.25, 0.3) is 0 Å². The second kappa shape index (κ2) is 4.85. The Morgan fingerprint density at radius 3 is 3.11 bits per heavy atom. The van der Waals surface area contributed by atoms with Gasteiger partial charge in [0.1, 0.15) is 5.82 Å². The van der Waals surface area contributed by atoms with Gasteiger partial charge in [0.2, 0.25) is 0 Å². The molecule has 0 fully saturated rings. The molecule has 0 saturated heterocycles. The van der Waals surface area contributed by atoms with Gasteiger partial charge in [0.15, 0.2) is 5.78 Å². The maximum absolute atomic E-state index is 12.2. The van der Waals surface area contributed by atoms with Crippen molar-refractivity contribution in [2.24, 2.45) is 0 Å². The summed E-state index contributed by atoms with van der Waals surface area (Å²) in [5.41, 5.74) is 8.46. The van der Waals surface area contributed by atoms with Crippen LogP contribution in [-0.4, -0.2) is 22.6 Å². The van der Waals surface area contributed by atoms with Crippen LogP contribution >= 0.6 is 0 Å². The van der Waals surface area contributed by atoms with E-state index in [1.807, 2.05) is 18.2 Å². The molecule has 5 heteroatoms. The Balaban J connectivity index is 1.82. The molecule has 0 spiro atoms. The number of hydrogen-bond acceptors (Lipinski definition) is 4. The normalized spacial score (nSPS) is 18.0. The zero-order chi connectivity index (χ0) is 13.2. The summed E-state index contributed by atoms with van der Waals surface area (Å²) in [7, 11) is 0. The highest BCUT2D eigenvalue weighted by molar-refractivity contribution is 6.00. The van der Waals surface area contributed by atoms with Crippen LogP contribution in [-0.2, 0) is 11.2 Å². The molecule has 2 aromatic rings. The largest absolute Gasteiger partial charge is 0.383 e. The lowest BCUT2D eigenvalue weighted by molar-refractivity contribution is 0.0352. The third-order valence-electron chi connectivity index (χ3n) is 3.43. The summed E-state index contributed by atoms with van der Waals surface area (Å²) in [6.45, 7) is 0.649. The van der Waals surface area contributed by atoms with Crippen LogP contribution in [0.1, 0.15) is 34.0 Å². The summed E-state index contributed by atoms with van der Waals surface area (Å²) >= 11 is 0. The standard InChI is InChI=1S/C14H15N3O2/c15-14-11(8-16-17-14)12(18)7-13-10-4-2-1-3-9(10)5-6-19-13/h1-4,8,13H,5-7H2,(H3,15,16,17). The van der Waals surface area contributed by atoms with Gasteiger partial charge in [0, 0.05) is 6.42 Å². The number of anilines is 1. The van der Waals surface area contributed by atoms with Crippen LogP contribution in [0.3, 0.4) is 0 Å². The molecule has 1 aromatic carbocycles. The average molecular weight is 257 g/mol. The molecule has 0 bridgehead atoms. The van der Waals surface area contributed by atoms with E-state index in [2.05, 4.69) is 16.3 Å². The van der Waals surface area contributed by atoms with Crippen LogP contribution < -0.4 is 5.73 Å². The minimum Gasteiger partial charge on any atom is -0.383 e. The number of ether oxygens (including phenoxy) is 1. The second-order valence-electron chi connectivity index (χ2n) is 4.63. The van der Waals surface area contributed by atoms with Gasteiger partial charge >= 0.3 is 0 Å². The zero-order valence-corrected chi connectivity index (χ0v) is 10.4. The molecule has 1 aromatic heterocycles. The van der Waals surface area contributed by atoms with Gasteiger partial charge in [-0.1, -0.05) is 24.3 Å². The summed E-state index contributed by atoms with van der Waals surface area (Å²) in [6.07, 6.45) is 2.47. The predicted octanol–water partition coefficient (Wildman–Crippen LogP) is 1.88. The van der Waals surface area contributed by atoms with E-state index in [0.29, 0.717) is 24.4 Å². The molecule has 0 radical (unpaired) electrons. The number of ketones is 1. The van der Waals surface area contributed by atoms with Crippen molar-refractivity contribution in [1.29, 1.82) is 0 Å². The Morgan fingerprint density at radius 2 is 2.32 bits per heavy atom. The number of nitrogen functional groups attached to an aromatic ring is 1. The molecular weight excluding hydrogens is 242 g/mol. The Bertz CT molecular complexity index is 606. The second-order valence-corrected chi connectivity index (χ2v) is 4.63. The number of nitrogens with two attached hydrogens (primary N) is 1. The van der Waals surface area contributed by atoms with Crippen molar-refractivity contribution in [2.45, 2.75) is 18.9 Å². The number of nitrogens with zero attached hydrogens (tertiary/aromatic N) is 1. The number of nitrogens with one attached hydrogen (secondary N) is 1. The van der Waals surface area contributed by atoms with E-state index >= 15 is 0 Å². The number of aromatic amines is 1. The van der Waals surface area contributed by atoms with E-state index in [-0.39, 0.29) is 11.9 Å². The fourth-order valence-corrected chi connectivity index (χ4v) is 2.44. The maximum atomic E-state index is 12.2. The van der Waals surface area contributed by atoms with E-state index in [0.717, 1.165) is 12.0 Å². The van der Waals surface area contributed by atoms with E-state index in [9.17, 15) is 4.79 Å². The maximum Gasteiger partial charge on any atom is 0.171 e. The lowest BCUT2D eigenvalue weighted by atomic mass is 9.93. The number of Topliss-reactive ketones (excluding diaryl/α,β-unsaturated/α-hetero) is 1. The first-order valence-corrected chi connectivity index (χ1v) is 6.27. The molecule has 1 unspecified atom stereocenters. The number of fused-ring (bicyclic) bond motifs is 1. The predicted molar refractivity (Wildman–Crippen MR) is 70.8 cm³/mol. The van der Waals surface area contributed by atoms with Crippen molar-refractivity contribution in [2.75, 3.05) is 12.3 Å². The number of H-pyrrole nitrogens is 1. The molecule has 3 N–H and O–H groups in total. The van der Waals surface area contributed by atoms with Crippen molar-refractivity contribution < 1.29 is 9.53 Å². The van der Waals surface area contributed by atoms with E-state index in [1.54, 1.807) is 0 Å². The number of carbonyl (C=O) groups excluding carboxylic acids is 1. The van der Waals surface area contributed by atoms with Gasteiger partial charge in [0.05, 0.1) is 24.5 Å². The first-order chi connectivity index (χ1) is 9.25. The summed E-state index contributed by atoms with van der Waals surface area (Å²) in [5.74, 6) is 0.266. The van der Waals surface area contributed by atoms with Crippen molar-refractivity contribution in [3.8, 4) is 0 Å². The summed E-state index contributed by atoms with van der Waals surface area (Å²) in [4.78, 5) is 12.2. The zero-order valence-electron chi connectivity index (χ0n) is 10.4. The lowest BCUT2D eigenvalue weighted by Gasteiger charge is -2.25. The number of benzene rings is 1. The van der Waals surface area contributed by atoms with E-state index in [4.69, 9.17) is 10.5 Å².